The molecule has 0 bridgehead atoms. The zero-order valence-electron chi connectivity index (χ0n) is 21.5. The number of anilines is 1. The molecule has 5 rings (SSSR count). The van der Waals surface area contributed by atoms with Crippen molar-refractivity contribution in [2.45, 2.75) is 50.2 Å². The predicted octanol–water partition coefficient (Wildman–Crippen LogP) is 3.57. The Morgan fingerprint density at radius 2 is 2.00 bits per heavy atom. The third-order valence-electron chi connectivity index (χ3n) is 7.79. The van der Waals surface area contributed by atoms with Gasteiger partial charge in [0, 0.05) is 57.8 Å². The van der Waals surface area contributed by atoms with Crippen LogP contribution < -0.4 is 10.2 Å². The summed E-state index contributed by atoms with van der Waals surface area (Å²) in [5, 5.41) is 17.1. The molecule has 2 aliphatic rings. The largest absolute Gasteiger partial charge is 0.378 e. The molecule has 1 aliphatic heterocycles. The molecule has 1 saturated heterocycles. The Kier molecular flexibility index (Phi) is 7.36. The minimum atomic E-state index is -0.0518. The van der Waals surface area contributed by atoms with Crippen LogP contribution in [-0.2, 0) is 11.8 Å². The molecule has 1 aromatic carbocycles. The Hall–Kier alpha value is -3.20. The number of fused-ring (bicyclic) bond motifs is 1. The number of aromatic nitrogens is 4. The molecule has 1 N–H and O–H groups in total. The van der Waals surface area contributed by atoms with Crippen LogP contribution in [0.1, 0.15) is 43.6 Å². The lowest BCUT2D eigenvalue weighted by Crippen LogP contribution is -2.54. The fraction of sp³-hybridized carbons (Fsp3) is 0.556. The molecule has 0 radical (unpaired) electrons. The van der Waals surface area contributed by atoms with Crippen LogP contribution in [0.2, 0.25) is 0 Å². The number of benzene rings is 1. The van der Waals surface area contributed by atoms with Crippen LogP contribution in [0.15, 0.2) is 42.7 Å². The van der Waals surface area contributed by atoms with Crippen LogP contribution in [0.3, 0.4) is 0 Å². The van der Waals surface area contributed by atoms with Crippen molar-refractivity contribution in [3.8, 4) is 0 Å². The van der Waals surface area contributed by atoms with E-state index in [2.05, 4.69) is 43.7 Å². The van der Waals surface area contributed by atoms with Gasteiger partial charge in [-0.15, -0.1) is 5.10 Å². The van der Waals surface area contributed by atoms with Crippen molar-refractivity contribution in [3.05, 3.63) is 48.3 Å². The number of ether oxygens (including phenoxy) is 1. The summed E-state index contributed by atoms with van der Waals surface area (Å²) in [5.74, 6) is 1.64. The summed E-state index contributed by atoms with van der Waals surface area (Å²) in [6.45, 7) is 2.25. The number of carbonyl (C=O) groups excluding carboxylic acids is 1. The third-order valence-corrected chi connectivity index (χ3v) is 7.79. The van der Waals surface area contributed by atoms with Gasteiger partial charge in [0.1, 0.15) is 0 Å². The van der Waals surface area contributed by atoms with Crippen LogP contribution in [0.25, 0.3) is 10.9 Å². The number of piperidine rings is 1. The van der Waals surface area contributed by atoms with E-state index < -0.39 is 0 Å². The summed E-state index contributed by atoms with van der Waals surface area (Å²) >= 11 is 0. The first-order valence-electron chi connectivity index (χ1n) is 13.0. The lowest BCUT2D eigenvalue weighted by atomic mass is 9.82. The van der Waals surface area contributed by atoms with Gasteiger partial charge in [0.25, 0.3) is 0 Å². The smallest absolute Gasteiger partial charge is 0.317 e. The Bertz CT molecular complexity index is 1160. The summed E-state index contributed by atoms with van der Waals surface area (Å²) in [6.07, 6.45) is 9.15. The highest BCUT2D eigenvalue weighted by atomic mass is 16.5. The van der Waals surface area contributed by atoms with E-state index in [1.165, 1.54) is 16.5 Å². The maximum absolute atomic E-state index is 12.4. The van der Waals surface area contributed by atoms with E-state index in [1.54, 1.807) is 25.2 Å². The van der Waals surface area contributed by atoms with E-state index in [-0.39, 0.29) is 24.1 Å². The molecule has 36 heavy (non-hydrogen) atoms. The number of urea groups is 1. The molecule has 3 heterocycles. The van der Waals surface area contributed by atoms with Gasteiger partial charge in [0.2, 0.25) is 0 Å². The molecule has 9 nitrogen and oxygen atoms in total. The van der Waals surface area contributed by atoms with Gasteiger partial charge in [-0.05, 0) is 67.9 Å². The molecule has 3 aromatic rings. The number of nitrogens with zero attached hydrogens (tertiary/aromatic N) is 6. The number of amides is 2. The summed E-state index contributed by atoms with van der Waals surface area (Å²) in [6, 6.07) is 10.7. The summed E-state index contributed by atoms with van der Waals surface area (Å²) in [5.41, 5.74) is 2.59. The van der Waals surface area contributed by atoms with Crippen LogP contribution in [0.4, 0.5) is 10.6 Å². The van der Waals surface area contributed by atoms with Gasteiger partial charge in [0.05, 0.1) is 24.4 Å². The lowest BCUT2D eigenvalue weighted by molar-refractivity contribution is -0.00315. The Balaban J connectivity index is 1.18. The minimum absolute atomic E-state index is 0.0518. The highest BCUT2D eigenvalue weighted by Gasteiger charge is 2.33. The number of nitrogens with one attached hydrogen (secondary N) is 1. The maximum atomic E-state index is 12.4. The Morgan fingerprint density at radius 1 is 1.17 bits per heavy atom. The molecule has 2 aromatic heterocycles. The van der Waals surface area contributed by atoms with Crippen molar-refractivity contribution < 1.29 is 9.53 Å². The Morgan fingerprint density at radius 3 is 2.75 bits per heavy atom. The average Bonchev–Trinajstić information content (AvgIpc) is 3.28. The zero-order valence-corrected chi connectivity index (χ0v) is 21.5. The second kappa shape index (κ2) is 10.8. The van der Waals surface area contributed by atoms with Crippen molar-refractivity contribution in [3.63, 3.8) is 0 Å². The van der Waals surface area contributed by atoms with E-state index in [9.17, 15) is 4.79 Å². The second-order valence-electron chi connectivity index (χ2n) is 10.4. The normalized spacial score (nSPS) is 24.6. The van der Waals surface area contributed by atoms with Gasteiger partial charge < -0.3 is 19.9 Å². The van der Waals surface area contributed by atoms with Gasteiger partial charge >= 0.3 is 6.03 Å². The average molecular weight is 492 g/mol. The topological polar surface area (TPSA) is 88.4 Å². The van der Waals surface area contributed by atoms with Gasteiger partial charge in [-0.1, -0.05) is 6.07 Å². The fourth-order valence-electron chi connectivity index (χ4n) is 5.61. The van der Waals surface area contributed by atoms with Crippen molar-refractivity contribution >= 4 is 22.8 Å². The molecule has 1 saturated carbocycles. The first-order valence-corrected chi connectivity index (χ1v) is 13.0. The third kappa shape index (κ3) is 5.46. The van der Waals surface area contributed by atoms with Gasteiger partial charge in [-0.2, -0.15) is 10.2 Å². The molecular weight excluding hydrogens is 454 g/mol. The predicted molar refractivity (Wildman–Crippen MR) is 140 cm³/mol. The monoisotopic (exact) mass is 491 g/mol. The van der Waals surface area contributed by atoms with E-state index in [0.717, 1.165) is 51.0 Å². The molecule has 1 aliphatic carbocycles. The maximum Gasteiger partial charge on any atom is 0.317 e. The molecule has 0 spiro atoms. The van der Waals surface area contributed by atoms with Crippen LogP contribution in [0, 0.1) is 5.92 Å². The highest BCUT2D eigenvalue weighted by Crippen LogP contribution is 2.35. The quantitative estimate of drug-likeness (QED) is 0.567. The summed E-state index contributed by atoms with van der Waals surface area (Å²) in [4.78, 5) is 16.2. The van der Waals surface area contributed by atoms with Crippen molar-refractivity contribution in [1.82, 2.24) is 30.2 Å². The minimum Gasteiger partial charge on any atom is -0.378 e. The standard InChI is InChI=1S/C27H37N7O2/c1-32(2)27(35)30-24-12-14-34(26-5-4-13-28-31-26)17-22(24)18-36-23-9-6-19(7-10-23)20-8-11-25-21(15-20)16-29-33(25)3/h4-5,8,11,13,15-16,19,22-24H,6-7,9-10,12,14,17-18H2,1-3H3,(H,30,35)/t19?,22-,23?,24-/m0/s1. The lowest BCUT2D eigenvalue weighted by Gasteiger charge is -2.40. The van der Waals surface area contributed by atoms with Crippen molar-refractivity contribution in [1.29, 1.82) is 0 Å². The van der Waals surface area contributed by atoms with Crippen LogP contribution in [0.5, 0.6) is 0 Å². The van der Waals surface area contributed by atoms with E-state index in [0.29, 0.717) is 12.5 Å². The first-order chi connectivity index (χ1) is 17.5. The summed E-state index contributed by atoms with van der Waals surface area (Å²) < 4.78 is 8.42. The second-order valence-corrected chi connectivity index (χ2v) is 10.4. The molecule has 0 unspecified atom stereocenters. The molecule has 2 amide bonds. The Labute approximate surface area is 212 Å². The first kappa shape index (κ1) is 24.5. The zero-order chi connectivity index (χ0) is 25.1. The van der Waals surface area contributed by atoms with Crippen LogP contribution in [-0.4, -0.2) is 76.8 Å². The molecular formula is C27H37N7O2. The molecule has 9 heteroatoms. The van der Waals surface area contributed by atoms with E-state index >= 15 is 0 Å². The summed E-state index contributed by atoms with van der Waals surface area (Å²) in [7, 11) is 5.54. The molecule has 2 fully saturated rings. The highest BCUT2D eigenvalue weighted by molar-refractivity contribution is 5.79. The van der Waals surface area contributed by atoms with E-state index in [4.69, 9.17) is 4.74 Å². The fourth-order valence-corrected chi connectivity index (χ4v) is 5.61. The van der Waals surface area contributed by atoms with Crippen LogP contribution >= 0.6 is 0 Å². The van der Waals surface area contributed by atoms with Crippen molar-refractivity contribution in [2.75, 3.05) is 38.7 Å². The van der Waals surface area contributed by atoms with E-state index in [1.807, 2.05) is 30.1 Å². The number of hydrogen-bond acceptors (Lipinski definition) is 6. The molecule has 192 valence electrons. The number of hydrogen-bond donors (Lipinski definition) is 1. The number of carbonyl (C=O) groups is 1. The number of rotatable bonds is 6. The SMILES string of the molecule is CN(C)C(=O)N[C@H]1CCN(c2cccnn2)C[C@H]1COC1CCC(c2ccc3c(cnn3C)c2)CC1. The van der Waals surface area contributed by atoms with Gasteiger partial charge in [-0.3, -0.25) is 4.68 Å². The molecule has 2 atom stereocenters. The van der Waals surface area contributed by atoms with Gasteiger partial charge in [0.15, 0.2) is 5.82 Å². The number of aryl methyl sites for hydroxylation is 1. The van der Waals surface area contributed by atoms with Crippen molar-refractivity contribution in [2.24, 2.45) is 13.0 Å². The van der Waals surface area contributed by atoms with Gasteiger partial charge in [-0.25, -0.2) is 4.79 Å².